The van der Waals surface area contributed by atoms with Gasteiger partial charge in [0.1, 0.15) is 11.5 Å². The van der Waals surface area contributed by atoms with Crippen LogP contribution in [0, 0.1) is 5.41 Å². The summed E-state index contributed by atoms with van der Waals surface area (Å²) in [6, 6.07) is 0.606. The van der Waals surface area contributed by atoms with Gasteiger partial charge in [0.05, 0.1) is 11.1 Å². The van der Waals surface area contributed by atoms with Gasteiger partial charge >= 0.3 is 0 Å². The first-order valence-corrected chi connectivity index (χ1v) is 10.4. The molecule has 1 aliphatic heterocycles. The Morgan fingerprint density at radius 3 is 2.93 bits per heavy atom. The SMILES string of the molecule is C=CC(=O)N1CCCCC1Cc1c[nH]c2nc(N/C(C=N)=C/NC3CC3)nc(N)c12. The molecule has 9 nitrogen and oxygen atoms in total. The van der Waals surface area contributed by atoms with E-state index in [0.29, 0.717) is 35.6 Å². The number of H-pyrrole nitrogens is 1. The predicted molar refractivity (Wildman–Crippen MR) is 118 cm³/mol. The van der Waals surface area contributed by atoms with Crippen molar-refractivity contribution in [2.45, 2.75) is 50.6 Å². The van der Waals surface area contributed by atoms with Gasteiger partial charge in [-0.2, -0.15) is 9.97 Å². The highest BCUT2D eigenvalue weighted by molar-refractivity contribution is 5.91. The molecule has 0 bridgehead atoms. The fourth-order valence-corrected chi connectivity index (χ4v) is 3.92. The molecule has 2 fully saturated rings. The molecule has 2 aromatic rings. The summed E-state index contributed by atoms with van der Waals surface area (Å²) in [4.78, 5) is 26.2. The van der Waals surface area contributed by atoms with E-state index in [1.54, 1.807) is 6.20 Å². The highest BCUT2D eigenvalue weighted by atomic mass is 16.2. The number of nitrogen functional groups attached to an aromatic ring is 1. The molecule has 2 aliphatic rings. The number of aromatic nitrogens is 3. The number of likely N-dealkylation sites (tertiary alicyclic amines) is 1. The molecule has 1 saturated carbocycles. The van der Waals surface area contributed by atoms with Crippen LogP contribution in [0.25, 0.3) is 11.0 Å². The van der Waals surface area contributed by atoms with Crippen LogP contribution in [0.5, 0.6) is 0 Å². The predicted octanol–water partition coefficient (Wildman–Crippen LogP) is 2.30. The Labute approximate surface area is 175 Å². The van der Waals surface area contributed by atoms with Crippen LogP contribution in [0.1, 0.15) is 37.7 Å². The second-order valence-corrected chi connectivity index (χ2v) is 7.87. The Balaban J connectivity index is 1.54. The summed E-state index contributed by atoms with van der Waals surface area (Å²) < 4.78 is 0. The maximum atomic E-state index is 12.2. The molecule has 3 heterocycles. The van der Waals surface area contributed by atoms with E-state index in [1.807, 2.05) is 11.1 Å². The summed E-state index contributed by atoms with van der Waals surface area (Å²) in [5.41, 5.74) is 8.48. The molecule has 1 saturated heterocycles. The van der Waals surface area contributed by atoms with Crippen LogP contribution in [-0.2, 0) is 11.2 Å². The van der Waals surface area contributed by atoms with Crippen molar-refractivity contribution < 1.29 is 4.79 Å². The quantitative estimate of drug-likeness (QED) is 0.336. The van der Waals surface area contributed by atoms with E-state index in [4.69, 9.17) is 11.1 Å². The molecule has 9 heteroatoms. The molecule has 1 atom stereocenters. The van der Waals surface area contributed by atoms with Gasteiger partial charge in [0.25, 0.3) is 0 Å². The average molecular weight is 409 g/mol. The minimum atomic E-state index is -0.0268. The number of nitrogens with one attached hydrogen (secondary N) is 4. The molecule has 158 valence electrons. The van der Waals surface area contributed by atoms with Gasteiger partial charge in [-0.05, 0) is 50.2 Å². The minimum Gasteiger partial charge on any atom is -0.386 e. The van der Waals surface area contributed by atoms with Crippen molar-refractivity contribution in [2.75, 3.05) is 17.6 Å². The lowest BCUT2D eigenvalue weighted by atomic mass is 9.95. The van der Waals surface area contributed by atoms with Crippen LogP contribution >= 0.6 is 0 Å². The summed E-state index contributed by atoms with van der Waals surface area (Å²) in [6.45, 7) is 4.38. The van der Waals surface area contributed by atoms with Crippen LogP contribution in [0.3, 0.4) is 0 Å². The number of fused-ring (bicyclic) bond motifs is 1. The first-order chi connectivity index (χ1) is 14.6. The number of piperidine rings is 1. The Bertz CT molecular complexity index is 990. The minimum absolute atomic E-state index is 0.0268. The molecule has 1 amide bonds. The van der Waals surface area contributed by atoms with Crippen LogP contribution < -0.4 is 16.4 Å². The molecule has 1 unspecified atom stereocenters. The third-order valence-electron chi connectivity index (χ3n) is 5.65. The molecule has 0 radical (unpaired) electrons. The van der Waals surface area contributed by atoms with Gasteiger partial charge in [0.2, 0.25) is 11.9 Å². The van der Waals surface area contributed by atoms with E-state index in [-0.39, 0.29) is 11.9 Å². The van der Waals surface area contributed by atoms with Crippen LogP contribution in [0.2, 0.25) is 0 Å². The van der Waals surface area contributed by atoms with Gasteiger partial charge in [0, 0.05) is 37.2 Å². The number of allylic oxidation sites excluding steroid dienone is 1. The summed E-state index contributed by atoms with van der Waals surface area (Å²) in [6.07, 6.45) is 12.3. The number of hydrogen-bond donors (Lipinski definition) is 5. The van der Waals surface area contributed by atoms with Crippen molar-refractivity contribution in [2.24, 2.45) is 0 Å². The van der Waals surface area contributed by atoms with Crippen molar-refractivity contribution in [1.29, 1.82) is 5.41 Å². The summed E-state index contributed by atoms with van der Waals surface area (Å²) in [5.74, 6) is 0.679. The van der Waals surface area contributed by atoms with Crippen molar-refractivity contribution in [3.63, 3.8) is 0 Å². The smallest absolute Gasteiger partial charge is 0.246 e. The molecule has 1 aliphatic carbocycles. The lowest BCUT2D eigenvalue weighted by Gasteiger charge is -2.35. The van der Waals surface area contributed by atoms with E-state index in [9.17, 15) is 4.79 Å². The van der Waals surface area contributed by atoms with E-state index >= 15 is 0 Å². The summed E-state index contributed by atoms with van der Waals surface area (Å²) in [7, 11) is 0. The molecule has 0 aromatic carbocycles. The highest BCUT2D eigenvalue weighted by Gasteiger charge is 2.27. The number of nitrogens with zero attached hydrogens (tertiary/aromatic N) is 3. The Hall–Kier alpha value is -3.36. The molecule has 4 rings (SSSR count). The zero-order valence-corrected chi connectivity index (χ0v) is 16.9. The third-order valence-corrected chi connectivity index (χ3v) is 5.65. The lowest BCUT2D eigenvalue weighted by Crippen LogP contribution is -2.44. The topological polar surface area (TPSA) is 136 Å². The van der Waals surface area contributed by atoms with Crippen molar-refractivity contribution >= 4 is 34.9 Å². The molecule has 2 aromatic heterocycles. The second kappa shape index (κ2) is 8.56. The van der Waals surface area contributed by atoms with Gasteiger partial charge in [0.15, 0.2) is 0 Å². The van der Waals surface area contributed by atoms with Crippen LogP contribution in [0.4, 0.5) is 11.8 Å². The fraction of sp³-hybridized carbons (Fsp3) is 0.429. The van der Waals surface area contributed by atoms with Gasteiger partial charge in [-0.1, -0.05) is 6.58 Å². The first kappa shape index (κ1) is 19.9. The first-order valence-electron chi connectivity index (χ1n) is 10.4. The number of nitrogens with two attached hydrogens (primary N) is 1. The monoisotopic (exact) mass is 408 g/mol. The molecular formula is C21H28N8O. The normalized spacial score (nSPS) is 19.5. The second-order valence-electron chi connectivity index (χ2n) is 7.87. The maximum absolute atomic E-state index is 12.2. The van der Waals surface area contributed by atoms with E-state index in [2.05, 4.69) is 32.2 Å². The third kappa shape index (κ3) is 4.29. The summed E-state index contributed by atoms with van der Waals surface area (Å²) >= 11 is 0. The number of rotatable bonds is 8. The van der Waals surface area contributed by atoms with Gasteiger partial charge in [-0.3, -0.25) is 4.79 Å². The molecule has 30 heavy (non-hydrogen) atoms. The Morgan fingerprint density at radius 1 is 1.37 bits per heavy atom. The van der Waals surface area contributed by atoms with Crippen molar-refractivity contribution in [3.8, 4) is 0 Å². The van der Waals surface area contributed by atoms with Crippen molar-refractivity contribution in [3.05, 3.63) is 36.3 Å². The molecular weight excluding hydrogens is 380 g/mol. The maximum Gasteiger partial charge on any atom is 0.246 e. The van der Waals surface area contributed by atoms with Crippen LogP contribution in [-0.4, -0.2) is 50.6 Å². The van der Waals surface area contributed by atoms with E-state index < -0.39 is 0 Å². The number of carbonyl (C=O) groups is 1. The number of carbonyl (C=O) groups excluding carboxylic acids is 1. The standard InChI is InChI=1S/C21H28N8O/c1-2-17(30)29-8-4-3-5-16(29)9-13-11-25-20-18(13)19(23)27-21(28-20)26-15(10-22)12-24-14-6-7-14/h2,10-12,14,16,22,24H,1,3-9H2,(H4,23,25,26,27,28)/b15-12+,22-10?. The number of amides is 1. The zero-order valence-electron chi connectivity index (χ0n) is 16.9. The number of aromatic amines is 1. The van der Waals surface area contributed by atoms with Gasteiger partial charge in [-0.25, -0.2) is 0 Å². The van der Waals surface area contributed by atoms with Crippen molar-refractivity contribution in [1.82, 2.24) is 25.2 Å². The molecule has 6 N–H and O–H groups in total. The number of hydrogen-bond acceptors (Lipinski definition) is 7. The van der Waals surface area contributed by atoms with Gasteiger partial charge < -0.3 is 31.7 Å². The van der Waals surface area contributed by atoms with Gasteiger partial charge in [-0.15, -0.1) is 0 Å². The average Bonchev–Trinajstić information content (AvgIpc) is 3.50. The largest absolute Gasteiger partial charge is 0.386 e. The van der Waals surface area contributed by atoms with Crippen LogP contribution in [0.15, 0.2) is 30.7 Å². The fourth-order valence-electron chi connectivity index (χ4n) is 3.92. The zero-order chi connectivity index (χ0) is 21.1. The molecule has 0 spiro atoms. The summed E-state index contributed by atoms with van der Waals surface area (Å²) in [5, 5.41) is 14.6. The van der Waals surface area contributed by atoms with E-state index in [0.717, 1.165) is 49.6 Å². The Kier molecular flexibility index (Phi) is 5.69. The highest BCUT2D eigenvalue weighted by Crippen LogP contribution is 2.28. The van der Waals surface area contributed by atoms with E-state index in [1.165, 1.54) is 12.3 Å². The number of anilines is 2. The lowest BCUT2D eigenvalue weighted by molar-refractivity contribution is -0.129. The Morgan fingerprint density at radius 2 is 2.20 bits per heavy atom.